The summed E-state index contributed by atoms with van der Waals surface area (Å²) in [5, 5.41) is 3.64. The summed E-state index contributed by atoms with van der Waals surface area (Å²) in [7, 11) is 0. The summed E-state index contributed by atoms with van der Waals surface area (Å²) in [4.78, 5) is 16.4. The molecular formula is C13H15N3OS2. The second-order valence-corrected chi connectivity index (χ2v) is 6.83. The van der Waals surface area contributed by atoms with Crippen molar-refractivity contribution in [3.63, 3.8) is 0 Å². The summed E-state index contributed by atoms with van der Waals surface area (Å²) in [6.07, 6.45) is 2.26. The maximum Gasteiger partial charge on any atom is 0.251 e. The molecule has 2 heterocycles. The Morgan fingerprint density at radius 1 is 1.47 bits per heavy atom. The number of rotatable bonds is 2. The fraction of sp³-hybridized carbons (Fsp3) is 0.385. The molecule has 1 aliphatic rings. The third-order valence-electron chi connectivity index (χ3n) is 3.16. The molecular weight excluding hydrogens is 278 g/mol. The predicted molar refractivity (Wildman–Crippen MR) is 81.8 cm³/mol. The number of hydrogen-bond donors (Lipinski definition) is 2. The SMILES string of the molecule is Nc1nc2ccc(C(=O)NC3CCCSC3)cc2s1. The Balaban J connectivity index is 1.76. The van der Waals surface area contributed by atoms with E-state index in [4.69, 9.17) is 5.73 Å². The zero-order chi connectivity index (χ0) is 13.2. The molecule has 0 radical (unpaired) electrons. The Kier molecular flexibility index (Phi) is 3.61. The molecule has 1 unspecified atom stereocenters. The second kappa shape index (κ2) is 5.38. The molecule has 0 bridgehead atoms. The van der Waals surface area contributed by atoms with Crippen LogP contribution in [-0.2, 0) is 0 Å². The normalized spacial score (nSPS) is 19.5. The van der Waals surface area contributed by atoms with Gasteiger partial charge < -0.3 is 11.1 Å². The van der Waals surface area contributed by atoms with E-state index in [2.05, 4.69) is 10.3 Å². The lowest BCUT2D eigenvalue weighted by Gasteiger charge is -2.22. The average molecular weight is 293 g/mol. The maximum absolute atomic E-state index is 12.2. The van der Waals surface area contributed by atoms with Crippen molar-refractivity contribution in [1.29, 1.82) is 0 Å². The number of thioether (sulfide) groups is 1. The lowest BCUT2D eigenvalue weighted by Crippen LogP contribution is -2.38. The number of carbonyl (C=O) groups excluding carboxylic acids is 1. The van der Waals surface area contributed by atoms with Gasteiger partial charge in [-0.25, -0.2) is 4.98 Å². The number of nitrogen functional groups attached to an aromatic ring is 1. The lowest BCUT2D eigenvalue weighted by molar-refractivity contribution is 0.0939. The van der Waals surface area contributed by atoms with Crippen LogP contribution in [0.3, 0.4) is 0 Å². The highest BCUT2D eigenvalue weighted by molar-refractivity contribution is 7.99. The molecule has 100 valence electrons. The van der Waals surface area contributed by atoms with Crippen molar-refractivity contribution in [1.82, 2.24) is 10.3 Å². The molecule has 2 aromatic rings. The summed E-state index contributed by atoms with van der Waals surface area (Å²) in [5.74, 6) is 2.22. The number of nitrogens with zero attached hydrogens (tertiary/aromatic N) is 1. The van der Waals surface area contributed by atoms with E-state index in [1.165, 1.54) is 23.5 Å². The van der Waals surface area contributed by atoms with Crippen LogP contribution in [0, 0.1) is 0 Å². The molecule has 3 rings (SSSR count). The molecule has 0 aliphatic carbocycles. The molecule has 3 N–H and O–H groups in total. The van der Waals surface area contributed by atoms with Crippen LogP contribution in [0.4, 0.5) is 5.13 Å². The molecule has 0 spiro atoms. The van der Waals surface area contributed by atoms with Gasteiger partial charge in [0.1, 0.15) is 0 Å². The summed E-state index contributed by atoms with van der Waals surface area (Å²) < 4.78 is 0.961. The number of hydrogen-bond acceptors (Lipinski definition) is 5. The largest absolute Gasteiger partial charge is 0.375 e. The molecule has 1 fully saturated rings. The van der Waals surface area contributed by atoms with Crippen molar-refractivity contribution in [2.75, 3.05) is 17.2 Å². The Morgan fingerprint density at radius 3 is 3.16 bits per heavy atom. The van der Waals surface area contributed by atoms with Gasteiger partial charge in [0, 0.05) is 17.4 Å². The van der Waals surface area contributed by atoms with Crippen molar-refractivity contribution in [2.24, 2.45) is 0 Å². The molecule has 1 saturated heterocycles. The Morgan fingerprint density at radius 2 is 2.37 bits per heavy atom. The number of amides is 1. The summed E-state index contributed by atoms with van der Waals surface area (Å²) >= 11 is 3.32. The number of anilines is 1. The fourth-order valence-electron chi connectivity index (χ4n) is 2.21. The van der Waals surface area contributed by atoms with E-state index in [0.29, 0.717) is 16.7 Å². The van der Waals surface area contributed by atoms with Crippen LogP contribution >= 0.6 is 23.1 Å². The van der Waals surface area contributed by atoms with Crippen molar-refractivity contribution < 1.29 is 4.79 Å². The molecule has 4 nitrogen and oxygen atoms in total. The van der Waals surface area contributed by atoms with Crippen molar-refractivity contribution in [3.8, 4) is 0 Å². The molecule has 6 heteroatoms. The van der Waals surface area contributed by atoms with E-state index in [-0.39, 0.29) is 5.91 Å². The summed E-state index contributed by atoms with van der Waals surface area (Å²) in [6.45, 7) is 0. The molecule has 1 atom stereocenters. The van der Waals surface area contributed by atoms with E-state index in [1.54, 1.807) is 0 Å². The fourth-order valence-corrected chi connectivity index (χ4v) is 4.05. The summed E-state index contributed by atoms with van der Waals surface area (Å²) in [6, 6.07) is 5.84. The zero-order valence-electron chi connectivity index (χ0n) is 10.4. The standard InChI is InChI=1S/C13H15N3OS2/c14-13-16-10-4-3-8(6-11(10)19-13)12(17)15-9-2-1-5-18-7-9/h3-4,6,9H,1-2,5,7H2,(H2,14,16)(H,15,17). The third kappa shape index (κ3) is 2.84. The second-order valence-electron chi connectivity index (χ2n) is 4.62. The average Bonchev–Trinajstić information content (AvgIpc) is 2.78. The Hall–Kier alpha value is -1.27. The first-order chi connectivity index (χ1) is 9.22. The van der Waals surface area contributed by atoms with E-state index in [1.807, 2.05) is 30.0 Å². The van der Waals surface area contributed by atoms with Crippen LogP contribution < -0.4 is 11.1 Å². The van der Waals surface area contributed by atoms with Crippen LogP contribution in [0.15, 0.2) is 18.2 Å². The summed E-state index contributed by atoms with van der Waals surface area (Å²) in [5.41, 5.74) is 7.21. The molecule has 1 aromatic carbocycles. The number of nitrogens with one attached hydrogen (secondary N) is 1. The van der Waals surface area contributed by atoms with Crippen LogP contribution in [-0.4, -0.2) is 28.4 Å². The van der Waals surface area contributed by atoms with Gasteiger partial charge in [-0.3, -0.25) is 4.79 Å². The van der Waals surface area contributed by atoms with Crippen LogP contribution in [0.1, 0.15) is 23.2 Å². The first-order valence-electron chi connectivity index (χ1n) is 6.27. The Labute approximate surface area is 119 Å². The zero-order valence-corrected chi connectivity index (χ0v) is 12.0. The molecule has 1 aromatic heterocycles. The Bertz CT molecular complexity index is 605. The molecule has 1 aliphatic heterocycles. The van der Waals surface area contributed by atoms with Gasteiger partial charge in [0.15, 0.2) is 5.13 Å². The quantitative estimate of drug-likeness (QED) is 0.892. The minimum Gasteiger partial charge on any atom is -0.375 e. The van der Waals surface area contributed by atoms with Gasteiger partial charge in [0.05, 0.1) is 10.2 Å². The van der Waals surface area contributed by atoms with E-state index in [0.717, 1.165) is 22.4 Å². The van der Waals surface area contributed by atoms with Crippen LogP contribution in [0.5, 0.6) is 0 Å². The van der Waals surface area contributed by atoms with E-state index >= 15 is 0 Å². The molecule has 0 saturated carbocycles. The molecule has 1 amide bonds. The topological polar surface area (TPSA) is 68.0 Å². The van der Waals surface area contributed by atoms with Gasteiger partial charge in [-0.1, -0.05) is 11.3 Å². The van der Waals surface area contributed by atoms with Crippen LogP contribution in [0.25, 0.3) is 10.2 Å². The van der Waals surface area contributed by atoms with Crippen LogP contribution in [0.2, 0.25) is 0 Å². The van der Waals surface area contributed by atoms with Crippen molar-refractivity contribution in [3.05, 3.63) is 23.8 Å². The molecule has 19 heavy (non-hydrogen) atoms. The maximum atomic E-state index is 12.2. The number of carbonyl (C=O) groups is 1. The first kappa shape index (κ1) is 12.7. The predicted octanol–water partition coefficient (Wildman–Crippen LogP) is 2.50. The van der Waals surface area contributed by atoms with E-state index < -0.39 is 0 Å². The third-order valence-corrected chi connectivity index (χ3v) is 5.23. The van der Waals surface area contributed by atoms with Gasteiger partial charge in [-0.05, 0) is 36.8 Å². The number of nitrogens with two attached hydrogens (primary N) is 1. The van der Waals surface area contributed by atoms with E-state index in [9.17, 15) is 4.79 Å². The van der Waals surface area contributed by atoms with Crippen molar-refractivity contribution in [2.45, 2.75) is 18.9 Å². The van der Waals surface area contributed by atoms with Gasteiger partial charge in [-0.2, -0.15) is 11.8 Å². The number of aromatic nitrogens is 1. The van der Waals surface area contributed by atoms with Gasteiger partial charge >= 0.3 is 0 Å². The number of fused-ring (bicyclic) bond motifs is 1. The van der Waals surface area contributed by atoms with Gasteiger partial charge in [-0.15, -0.1) is 0 Å². The highest BCUT2D eigenvalue weighted by atomic mass is 32.2. The van der Waals surface area contributed by atoms with Crippen molar-refractivity contribution >= 4 is 44.4 Å². The number of thiazole rings is 1. The highest BCUT2D eigenvalue weighted by Crippen LogP contribution is 2.25. The first-order valence-corrected chi connectivity index (χ1v) is 8.24. The monoisotopic (exact) mass is 293 g/mol. The lowest BCUT2D eigenvalue weighted by atomic mass is 10.1. The number of benzene rings is 1. The smallest absolute Gasteiger partial charge is 0.251 e. The minimum atomic E-state index is 0.00127. The highest BCUT2D eigenvalue weighted by Gasteiger charge is 2.17. The minimum absolute atomic E-state index is 0.00127. The van der Waals surface area contributed by atoms with Gasteiger partial charge in [0.2, 0.25) is 0 Å². The van der Waals surface area contributed by atoms with Gasteiger partial charge in [0.25, 0.3) is 5.91 Å².